The minimum atomic E-state index is -0.495. The maximum atomic E-state index is 12.2. The highest BCUT2D eigenvalue weighted by atomic mass is 79.9. The summed E-state index contributed by atoms with van der Waals surface area (Å²) in [5.74, 6) is -0.781. The third-order valence-corrected chi connectivity index (χ3v) is 3.30. The number of amides is 2. The van der Waals surface area contributed by atoms with Crippen LogP contribution in [-0.2, 0) is 4.79 Å². The molecule has 1 heterocycles. The van der Waals surface area contributed by atoms with Gasteiger partial charge in [0.1, 0.15) is 5.70 Å². The van der Waals surface area contributed by atoms with Crippen LogP contribution in [0.4, 0.5) is 0 Å². The first-order chi connectivity index (χ1) is 11.1. The van der Waals surface area contributed by atoms with E-state index < -0.39 is 11.8 Å². The van der Waals surface area contributed by atoms with Crippen molar-refractivity contribution in [1.82, 2.24) is 10.6 Å². The van der Waals surface area contributed by atoms with Crippen molar-refractivity contribution in [3.63, 3.8) is 0 Å². The van der Waals surface area contributed by atoms with Gasteiger partial charge in [-0.2, -0.15) is 0 Å². The normalized spacial score (nSPS) is 10.9. The van der Waals surface area contributed by atoms with Gasteiger partial charge < -0.3 is 15.1 Å². The topological polar surface area (TPSA) is 71.3 Å². The van der Waals surface area contributed by atoms with E-state index in [1.165, 1.54) is 12.3 Å². The van der Waals surface area contributed by atoms with Crippen molar-refractivity contribution in [3.05, 3.63) is 76.8 Å². The van der Waals surface area contributed by atoms with Crippen LogP contribution in [0.25, 0.3) is 6.08 Å². The number of furan rings is 1. The second-order valence-corrected chi connectivity index (χ2v) is 5.46. The average molecular weight is 375 g/mol. The molecule has 0 saturated heterocycles. The number of benzene rings is 1. The number of hydrogen-bond acceptors (Lipinski definition) is 3. The SMILES string of the molecule is C=CCNC(=O)/C(=C/c1cccc(Br)c1)NC(=O)c1ccco1. The lowest BCUT2D eigenvalue weighted by molar-refractivity contribution is -0.117. The molecule has 0 saturated carbocycles. The van der Waals surface area contributed by atoms with Crippen LogP contribution < -0.4 is 10.6 Å². The Hall–Kier alpha value is -2.60. The van der Waals surface area contributed by atoms with E-state index in [2.05, 4.69) is 33.1 Å². The molecular formula is C17H15BrN2O3. The van der Waals surface area contributed by atoms with Gasteiger partial charge in [-0.05, 0) is 35.9 Å². The zero-order valence-electron chi connectivity index (χ0n) is 12.2. The third-order valence-electron chi connectivity index (χ3n) is 2.80. The minimum absolute atomic E-state index is 0.117. The molecule has 2 N–H and O–H groups in total. The molecule has 23 heavy (non-hydrogen) atoms. The molecule has 0 unspecified atom stereocenters. The molecule has 2 amide bonds. The van der Waals surface area contributed by atoms with Crippen LogP contribution in [0.3, 0.4) is 0 Å². The number of halogens is 1. The lowest BCUT2D eigenvalue weighted by Crippen LogP contribution is -2.34. The van der Waals surface area contributed by atoms with Crippen molar-refractivity contribution in [3.8, 4) is 0 Å². The second-order valence-electron chi connectivity index (χ2n) is 4.54. The van der Waals surface area contributed by atoms with Crippen LogP contribution in [0, 0.1) is 0 Å². The lowest BCUT2D eigenvalue weighted by Gasteiger charge is -2.09. The van der Waals surface area contributed by atoms with Gasteiger partial charge in [0.05, 0.1) is 6.26 Å². The van der Waals surface area contributed by atoms with Crippen molar-refractivity contribution in [1.29, 1.82) is 0 Å². The summed E-state index contributed by atoms with van der Waals surface area (Å²) in [4.78, 5) is 24.3. The van der Waals surface area contributed by atoms with Crippen LogP contribution in [-0.4, -0.2) is 18.4 Å². The first-order valence-electron chi connectivity index (χ1n) is 6.81. The van der Waals surface area contributed by atoms with Crippen LogP contribution in [0.2, 0.25) is 0 Å². The number of rotatable bonds is 6. The lowest BCUT2D eigenvalue weighted by atomic mass is 10.2. The van der Waals surface area contributed by atoms with E-state index in [1.54, 1.807) is 18.2 Å². The molecule has 5 nitrogen and oxygen atoms in total. The Balaban J connectivity index is 2.25. The first-order valence-corrected chi connectivity index (χ1v) is 7.60. The van der Waals surface area contributed by atoms with Gasteiger partial charge in [-0.25, -0.2) is 0 Å². The van der Waals surface area contributed by atoms with Crippen LogP contribution >= 0.6 is 15.9 Å². The summed E-state index contributed by atoms with van der Waals surface area (Å²) in [6, 6.07) is 10.5. The molecule has 0 aliphatic heterocycles. The Morgan fingerprint density at radius 2 is 2.09 bits per heavy atom. The first kappa shape index (κ1) is 16.8. The zero-order chi connectivity index (χ0) is 16.7. The van der Waals surface area contributed by atoms with Crippen LogP contribution in [0.1, 0.15) is 16.1 Å². The summed E-state index contributed by atoms with van der Waals surface area (Å²) < 4.78 is 5.90. The summed E-state index contributed by atoms with van der Waals surface area (Å²) in [5.41, 5.74) is 0.884. The average Bonchev–Trinajstić information content (AvgIpc) is 3.06. The highest BCUT2D eigenvalue weighted by molar-refractivity contribution is 9.10. The molecule has 0 aliphatic carbocycles. The summed E-state index contributed by atoms with van der Waals surface area (Å²) in [6.45, 7) is 3.84. The third kappa shape index (κ3) is 4.96. The van der Waals surface area contributed by atoms with Gasteiger partial charge in [0.25, 0.3) is 11.8 Å². The molecule has 1 aromatic heterocycles. The molecule has 0 radical (unpaired) electrons. The maximum Gasteiger partial charge on any atom is 0.291 e. The molecule has 0 spiro atoms. The number of nitrogens with one attached hydrogen (secondary N) is 2. The van der Waals surface area contributed by atoms with E-state index in [4.69, 9.17) is 4.42 Å². The number of hydrogen-bond donors (Lipinski definition) is 2. The monoisotopic (exact) mass is 374 g/mol. The van der Waals surface area contributed by atoms with E-state index in [-0.39, 0.29) is 11.5 Å². The Kier molecular flexibility index (Phi) is 5.94. The Morgan fingerprint density at radius 1 is 1.26 bits per heavy atom. The van der Waals surface area contributed by atoms with Crippen molar-refractivity contribution < 1.29 is 14.0 Å². The molecule has 118 valence electrons. The predicted octanol–water partition coefficient (Wildman–Crippen LogP) is 3.12. The highest BCUT2D eigenvalue weighted by Gasteiger charge is 2.15. The second kappa shape index (κ2) is 8.14. The predicted molar refractivity (Wildman–Crippen MR) is 91.5 cm³/mol. The van der Waals surface area contributed by atoms with E-state index in [9.17, 15) is 9.59 Å². The molecule has 2 rings (SSSR count). The molecule has 0 fully saturated rings. The summed E-state index contributed by atoms with van der Waals surface area (Å²) in [6.07, 6.45) is 4.54. The Morgan fingerprint density at radius 3 is 2.74 bits per heavy atom. The molecule has 1 aromatic carbocycles. The quantitative estimate of drug-likeness (QED) is 0.602. The summed E-state index contributed by atoms with van der Waals surface area (Å²) in [5, 5.41) is 5.20. The molecule has 0 atom stereocenters. The van der Waals surface area contributed by atoms with Crippen molar-refractivity contribution >= 4 is 33.8 Å². The molecular weight excluding hydrogens is 360 g/mol. The molecule has 0 bridgehead atoms. The Bertz CT molecular complexity index is 736. The van der Waals surface area contributed by atoms with Crippen LogP contribution in [0.5, 0.6) is 0 Å². The zero-order valence-corrected chi connectivity index (χ0v) is 13.8. The van der Waals surface area contributed by atoms with Gasteiger partial charge >= 0.3 is 0 Å². The van der Waals surface area contributed by atoms with Gasteiger partial charge in [0, 0.05) is 11.0 Å². The largest absolute Gasteiger partial charge is 0.459 e. The fourth-order valence-electron chi connectivity index (χ4n) is 1.77. The van der Waals surface area contributed by atoms with Crippen LogP contribution in [0.15, 0.2) is 69.9 Å². The summed E-state index contributed by atoms with van der Waals surface area (Å²) in [7, 11) is 0. The smallest absolute Gasteiger partial charge is 0.291 e. The standard InChI is InChI=1S/C17H15BrN2O3/c1-2-8-19-16(21)14(11-12-5-3-6-13(18)10-12)20-17(22)15-7-4-9-23-15/h2-7,9-11H,1,8H2,(H,19,21)(H,20,22)/b14-11-. The van der Waals surface area contributed by atoms with Gasteiger partial charge in [0.2, 0.25) is 0 Å². The fourth-order valence-corrected chi connectivity index (χ4v) is 2.19. The van der Waals surface area contributed by atoms with Gasteiger partial charge in [-0.3, -0.25) is 9.59 Å². The van der Waals surface area contributed by atoms with Crippen molar-refractivity contribution in [2.75, 3.05) is 6.54 Å². The van der Waals surface area contributed by atoms with Crippen molar-refractivity contribution in [2.45, 2.75) is 0 Å². The highest BCUT2D eigenvalue weighted by Crippen LogP contribution is 2.14. The summed E-state index contributed by atoms with van der Waals surface area (Å²) >= 11 is 3.37. The van der Waals surface area contributed by atoms with Gasteiger partial charge in [-0.1, -0.05) is 34.1 Å². The molecule has 0 aliphatic rings. The van der Waals surface area contributed by atoms with E-state index in [0.29, 0.717) is 6.54 Å². The molecule has 2 aromatic rings. The van der Waals surface area contributed by atoms with E-state index in [1.807, 2.05) is 24.3 Å². The number of carbonyl (C=O) groups excluding carboxylic acids is 2. The minimum Gasteiger partial charge on any atom is -0.459 e. The van der Waals surface area contributed by atoms with E-state index >= 15 is 0 Å². The van der Waals surface area contributed by atoms with E-state index in [0.717, 1.165) is 10.0 Å². The maximum absolute atomic E-state index is 12.2. The Labute approximate surface area is 142 Å². The van der Waals surface area contributed by atoms with Crippen molar-refractivity contribution in [2.24, 2.45) is 0 Å². The fraction of sp³-hybridized carbons (Fsp3) is 0.0588. The molecule has 6 heteroatoms. The number of carbonyl (C=O) groups is 2. The van der Waals surface area contributed by atoms with Gasteiger partial charge in [0.15, 0.2) is 5.76 Å². The van der Waals surface area contributed by atoms with Gasteiger partial charge in [-0.15, -0.1) is 6.58 Å².